The van der Waals surface area contributed by atoms with Crippen LogP contribution in [0.2, 0.25) is 0 Å². The molecular weight excluding hydrogens is 931 g/mol. The minimum atomic E-state index is -0.187. The van der Waals surface area contributed by atoms with E-state index in [1.165, 1.54) is 57.3 Å². The molecule has 56 heavy (non-hydrogen) atoms. The van der Waals surface area contributed by atoms with Crippen molar-refractivity contribution >= 4 is 32.5 Å². The number of carbonyl (C=O) groups excluding carboxylic acids is 1. The van der Waals surface area contributed by atoms with Gasteiger partial charge in [0.05, 0.1) is 5.76 Å². The molecule has 0 fully saturated rings. The van der Waals surface area contributed by atoms with Crippen LogP contribution in [0.1, 0.15) is 70.0 Å². The topological polar surface area (TPSA) is 50.2 Å². The molecule has 7 aromatic rings. The molecule has 3 nitrogen and oxygen atoms in total. The van der Waals surface area contributed by atoms with Gasteiger partial charge in [-0.3, -0.25) is 4.79 Å². The van der Waals surface area contributed by atoms with Crippen LogP contribution in [-0.4, -0.2) is 15.9 Å². The molecule has 0 aliphatic carbocycles. The number of halogens is 1. The van der Waals surface area contributed by atoms with Crippen LogP contribution in [0, 0.1) is 6.07 Å². The van der Waals surface area contributed by atoms with Crippen LogP contribution >= 0.6 is 15.9 Å². The molecule has 0 aliphatic rings. The molecule has 0 aliphatic heterocycles. The van der Waals surface area contributed by atoms with E-state index in [-0.39, 0.29) is 42.5 Å². The zero-order valence-corrected chi connectivity index (χ0v) is 36.9. The molecular formula is C51H47BrIrNO2-. The van der Waals surface area contributed by atoms with E-state index in [2.05, 4.69) is 173 Å². The number of aromatic nitrogens is 1. The first-order chi connectivity index (χ1) is 26.2. The summed E-state index contributed by atoms with van der Waals surface area (Å²) in [4.78, 5) is 16.1. The summed E-state index contributed by atoms with van der Waals surface area (Å²) in [7, 11) is 0. The number of carbonyl (C=O) groups is 1. The summed E-state index contributed by atoms with van der Waals surface area (Å²) < 4.78 is 0.925. The van der Waals surface area contributed by atoms with E-state index in [9.17, 15) is 4.79 Å². The van der Waals surface area contributed by atoms with Gasteiger partial charge in [-0.2, -0.15) is 0 Å². The summed E-state index contributed by atoms with van der Waals surface area (Å²) in [5, 5.41) is 11.2. The quantitative estimate of drug-likeness (QED) is 0.0782. The molecule has 6 aromatic carbocycles. The number of nitrogens with zero attached hydrogens (tertiary/aromatic N) is 1. The fourth-order valence-corrected chi connectivity index (χ4v) is 6.72. The Morgan fingerprint density at radius 3 is 1.68 bits per heavy atom. The molecule has 0 saturated carbocycles. The number of hydrogen-bond donors (Lipinski definition) is 1. The number of hydrogen-bond acceptors (Lipinski definition) is 3. The molecule has 1 aromatic heterocycles. The average molecular weight is 978 g/mol. The number of allylic oxidation sites excluding steroid dienone is 2. The smallest absolute Gasteiger partial charge is 0.189 e. The zero-order valence-electron chi connectivity index (χ0n) is 32.9. The third-order valence-electron chi connectivity index (χ3n) is 9.63. The summed E-state index contributed by atoms with van der Waals surface area (Å²) >= 11 is 3.27. The maximum atomic E-state index is 11.3. The Balaban J connectivity index is 0.000000366. The summed E-state index contributed by atoms with van der Waals surface area (Å²) in [6.07, 6.45) is 3.09. The maximum Gasteiger partial charge on any atom is 0.189 e. The second-order valence-electron chi connectivity index (χ2n) is 16.0. The fraction of sp³-hybridized carbons (Fsp3) is 0.176. The molecule has 0 spiro atoms. The molecule has 1 radical (unpaired) electrons. The van der Waals surface area contributed by atoms with Crippen molar-refractivity contribution in [2.24, 2.45) is 0 Å². The number of aliphatic hydroxyl groups excluding tert-OH is 1. The van der Waals surface area contributed by atoms with Crippen LogP contribution in [0.25, 0.3) is 55.4 Å². The van der Waals surface area contributed by atoms with Crippen molar-refractivity contribution in [2.75, 3.05) is 0 Å². The third kappa shape index (κ3) is 10.5. The summed E-state index contributed by atoms with van der Waals surface area (Å²) in [6, 6.07) is 52.4. The summed E-state index contributed by atoms with van der Waals surface area (Å²) in [5.41, 5.74) is 12.6. The Morgan fingerprint density at radius 1 is 0.643 bits per heavy atom. The molecule has 0 atom stereocenters. The predicted molar refractivity (Wildman–Crippen MR) is 235 cm³/mol. The van der Waals surface area contributed by atoms with Gasteiger partial charge >= 0.3 is 0 Å². The molecule has 7 rings (SSSR count). The minimum absolute atomic E-state index is 0. The number of aliphatic hydroxyl groups is 1. The first kappa shape index (κ1) is 42.2. The number of benzene rings is 6. The normalized spacial score (nSPS) is 11.7. The van der Waals surface area contributed by atoms with Crippen molar-refractivity contribution < 1.29 is 30.0 Å². The molecule has 1 heterocycles. The van der Waals surface area contributed by atoms with E-state index < -0.39 is 0 Å². The van der Waals surface area contributed by atoms with Gasteiger partial charge in [0.15, 0.2) is 5.78 Å². The standard InChI is InChI=1S/C41H38N.C10H9BrO2.Ir/c1-40(2,3)36-18-14-28(15-19-36)33-25-34(29-16-20-37(21-17-29)41(4,5)6)27-35(26-33)31-11-9-12-32(24-31)39-38-13-8-7-10-30(38)22-23-42-39;1-7(12)6-10(13)8-2-4-9(11)5-3-8;/h7-11,13-27H,1-6H3;2-6,12H,1H3;/q-1;;. The van der Waals surface area contributed by atoms with E-state index in [4.69, 9.17) is 10.1 Å². The Morgan fingerprint density at radius 2 is 1.16 bits per heavy atom. The molecule has 5 heteroatoms. The van der Waals surface area contributed by atoms with Crippen molar-refractivity contribution in [3.8, 4) is 44.6 Å². The number of pyridine rings is 1. The molecule has 0 amide bonds. The minimum Gasteiger partial charge on any atom is -0.512 e. The fourth-order valence-electron chi connectivity index (χ4n) is 6.46. The van der Waals surface area contributed by atoms with Crippen LogP contribution in [0.15, 0.2) is 162 Å². The van der Waals surface area contributed by atoms with E-state index >= 15 is 0 Å². The van der Waals surface area contributed by atoms with E-state index in [1.807, 2.05) is 12.3 Å². The Bertz CT molecular complexity index is 2390. The second kappa shape index (κ2) is 17.9. The average Bonchev–Trinajstić information content (AvgIpc) is 3.17. The van der Waals surface area contributed by atoms with Gasteiger partial charge in [0.25, 0.3) is 0 Å². The summed E-state index contributed by atoms with van der Waals surface area (Å²) in [6.45, 7) is 15.0. The molecule has 0 bridgehead atoms. The first-order valence-electron chi connectivity index (χ1n) is 18.6. The molecule has 1 N–H and O–H groups in total. The monoisotopic (exact) mass is 977 g/mol. The van der Waals surface area contributed by atoms with Gasteiger partial charge in [-0.1, -0.05) is 130 Å². The van der Waals surface area contributed by atoms with Crippen molar-refractivity contribution in [1.82, 2.24) is 4.98 Å². The Hall–Kier alpha value is -4.93. The Labute approximate surface area is 354 Å². The largest absolute Gasteiger partial charge is 0.512 e. The van der Waals surface area contributed by atoms with Gasteiger partial charge < -0.3 is 10.1 Å². The third-order valence-corrected chi connectivity index (χ3v) is 10.2. The van der Waals surface area contributed by atoms with Crippen LogP contribution in [0.3, 0.4) is 0 Å². The van der Waals surface area contributed by atoms with Gasteiger partial charge in [0.2, 0.25) is 0 Å². The van der Waals surface area contributed by atoms with Crippen molar-refractivity contribution in [3.05, 3.63) is 185 Å². The maximum absolute atomic E-state index is 11.3. The van der Waals surface area contributed by atoms with Crippen LogP contribution in [-0.2, 0) is 30.9 Å². The SMILES string of the molecule is CC(C)(C)c1ccc(-c2cc(-c3ccc(C(C)(C)C)cc3)cc(-c3cc[c-]c(-c4nccc5ccccc45)c3)c2)cc1.CC(O)=CC(=O)c1ccc(Br)cc1.[Ir]. The Kier molecular flexibility index (Phi) is 13.5. The van der Waals surface area contributed by atoms with Gasteiger partial charge in [-0.25, -0.2) is 0 Å². The zero-order chi connectivity index (χ0) is 39.3. The number of rotatable bonds is 6. The van der Waals surface area contributed by atoms with E-state index in [0.29, 0.717) is 5.56 Å². The van der Waals surface area contributed by atoms with Crippen molar-refractivity contribution in [2.45, 2.75) is 59.3 Å². The predicted octanol–water partition coefficient (Wildman–Crippen LogP) is 14.4. The first-order valence-corrected chi connectivity index (χ1v) is 19.4. The van der Waals surface area contributed by atoms with Crippen molar-refractivity contribution in [1.29, 1.82) is 0 Å². The van der Waals surface area contributed by atoms with Crippen molar-refractivity contribution in [3.63, 3.8) is 0 Å². The van der Waals surface area contributed by atoms with Gasteiger partial charge in [-0.05, 0) is 122 Å². The number of ketones is 1. The second-order valence-corrected chi connectivity index (χ2v) is 16.9. The van der Waals surface area contributed by atoms with Gasteiger partial charge in [0.1, 0.15) is 0 Å². The molecule has 0 unspecified atom stereocenters. The van der Waals surface area contributed by atoms with Crippen LogP contribution < -0.4 is 0 Å². The van der Waals surface area contributed by atoms with Crippen LogP contribution in [0.4, 0.5) is 0 Å². The van der Waals surface area contributed by atoms with E-state index in [0.717, 1.165) is 26.7 Å². The molecule has 0 saturated heterocycles. The van der Waals surface area contributed by atoms with Gasteiger partial charge in [0, 0.05) is 42.4 Å². The van der Waals surface area contributed by atoms with Gasteiger partial charge in [-0.15, -0.1) is 35.4 Å². The number of fused-ring (bicyclic) bond motifs is 1. The molecule has 285 valence electrons. The van der Waals surface area contributed by atoms with E-state index in [1.54, 1.807) is 24.3 Å². The summed E-state index contributed by atoms with van der Waals surface area (Å²) in [5.74, 6) is -0.166. The van der Waals surface area contributed by atoms with Crippen LogP contribution in [0.5, 0.6) is 0 Å².